The van der Waals surface area contributed by atoms with Gasteiger partial charge in [-0.05, 0) is 55.7 Å². The van der Waals surface area contributed by atoms with Crippen LogP contribution in [0.2, 0.25) is 5.02 Å². The summed E-state index contributed by atoms with van der Waals surface area (Å²) < 4.78 is 11.5. The van der Waals surface area contributed by atoms with Gasteiger partial charge in [0.2, 0.25) is 0 Å². The molecule has 0 saturated carbocycles. The van der Waals surface area contributed by atoms with Crippen molar-refractivity contribution >= 4 is 35.1 Å². The minimum atomic E-state index is -0.681. The van der Waals surface area contributed by atoms with Crippen LogP contribution in [0.4, 0.5) is 5.82 Å². The maximum absolute atomic E-state index is 13.6. The first-order chi connectivity index (χ1) is 19.8. The quantitative estimate of drug-likeness (QED) is 0.123. The van der Waals surface area contributed by atoms with E-state index in [1.165, 1.54) is 11.8 Å². The van der Waals surface area contributed by atoms with Crippen LogP contribution in [0, 0.1) is 0 Å². The Balaban J connectivity index is 1.47. The van der Waals surface area contributed by atoms with E-state index in [1.807, 2.05) is 78.9 Å². The third kappa shape index (κ3) is 6.66. The summed E-state index contributed by atoms with van der Waals surface area (Å²) in [5, 5.41) is 4.29. The molecule has 0 fully saturated rings. The number of benzene rings is 3. The number of rotatable bonds is 9. The molecule has 2 N–H and O–H groups in total. The molecule has 1 unspecified atom stereocenters. The molecule has 1 atom stereocenters. The molecule has 5 rings (SSSR count). The Morgan fingerprint density at radius 2 is 1.73 bits per heavy atom. The lowest BCUT2D eigenvalue weighted by molar-refractivity contribution is -0.143. The predicted molar refractivity (Wildman–Crippen MR) is 162 cm³/mol. The topological polar surface area (TPSA) is 93.3 Å². The number of fused-ring (bicyclic) bond motifs is 1. The van der Waals surface area contributed by atoms with Gasteiger partial charge in [0.15, 0.2) is 5.16 Å². The molecule has 0 spiro atoms. The molecule has 0 amide bonds. The second kappa shape index (κ2) is 12.7. The van der Waals surface area contributed by atoms with Crippen LogP contribution >= 0.6 is 23.4 Å². The average molecular weight is 588 g/mol. The molecule has 7 nitrogen and oxygen atoms in total. The van der Waals surface area contributed by atoms with Gasteiger partial charge in [0.25, 0.3) is 5.56 Å². The normalized spacial score (nSPS) is 14.4. The number of hydrogen-bond acceptors (Lipinski definition) is 7. The molecule has 4 aromatic rings. The SMILES string of the molecule is CC1=C(C(=O)OC(C)C)C(c2ccc(OCc3ccccc3)cc2)c2c(nc(SCc3ccccc3Cl)[nH]c2=O)N1. The zero-order valence-electron chi connectivity index (χ0n) is 22.9. The van der Waals surface area contributed by atoms with Crippen LogP contribution in [-0.4, -0.2) is 22.0 Å². The summed E-state index contributed by atoms with van der Waals surface area (Å²) in [6.07, 6.45) is -0.321. The van der Waals surface area contributed by atoms with Crippen molar-refractivity contribution in [2.75, 3.05) is 5.32 Å². The number of H-pyrrole nitrogens is 1. The highest BCUT2D eigenvalue weighted by atomic mass is 35.5. The maximum atomic E-state index is 13.6. The fraction of sp³-hybridized carbons (Fsp3) is 0.219. The Hall–Kier alpha value is -4.01. The zero-order chi connectivity index (χ0) is 28.9. The van der Waals surface area contributed by atoms with E-state index in [1.54, 1.807) is 20.8 Å². The Bertz CT molecular complexity index is 1640. The van der Waals surface area contributed by atoms with Gasteiger partial charge in [-0.15, -0.1) is 0 Å². The maximum Gasteiger partial charge on any atom is 0.337 e. The molecule has 9 heteroatoms. The molecule has 3 aromatic carbocycles. The molecule has 2 heterocycles. The summed E-state index contributed by atoms with van der Waals surface area (Å²) in [5.41, 5.74) is 3.72. The van der Waals surface area contributed by atoms with Crippen LogP contribution in [0.1, 0.15) is 48.9 Å². The first-order valence-corrected chi connectivity index (χ1v) is 14.6. The zero-order valence-corrected chi connectivity index (χ0v) is 24.5. The number of allylic oxidation sites excluding steroid dienone is 1. The number of hydrogen-bond donors (Lipinski definition) is 2. The first-order valence-electron chi connectivity index (χ1n) is 13.3. The molecule has 210 valence electrons. The summed E-state index contributed by atoms with van der Waals surface area (Å²) in [6.45, 7) is 5.81. The highest BCUT2D eigenvalue weighted by Gasteiger charge is 2.36. The highest BCUT2D eigenvalue weighted by Crippen LogP contribution is 2.41. The molecule has 0 bridgehead atoms. The minimum Gasteiger partial charge on any atom is -0.489 e. The molecule has 0 saturated heterocycles. The molecule has 1 aliphatic rings. The Labute approximate surface area is 248 Å². The fourth-order valence-electron chi connectivity index (χ4n) is 4.64. The predicted octanol–water partition coefficient (Wildman–Crippen LogP) is 7.08. The number of halogens is 1. The van der Waals surface area contributed by atoms with Crippen molar-refractivity contribution in [3.63, 3.8) is 0 Å². The Kier molecular flexibility index (Phi) is 8.81. The molecule has 0 aliphatic carbocycles. The van der Waals surface area contributed by atoms with Crippen molar-refractivity contribution in [3.05, 3.63) is 128 Å². The van der Waals surface area contributed by atoms with Crippen LogP contribution in [0.3, 0.4) is 0 Å². The van der Waals surface area contributed by atoms with Gasteiger partial charge in [-0.3, -0.25) is 4.79 Å². The van der Waals surface area contributed by atoms with E-state index >= 15 is 0 Å². The number of nitrogens with one attached hydrogen (secondary N) is 2. The standard InChI is InChI=1S/C32H30ClN3O4S/c1-19(2)40-31(38)26-20(3)34-29-28(30(37)36-32(35-29)41-18-23-11-7-8-12-25(23)33)27(26)22-13-15-24(16-14-22)39-17-21-9-5-4-6-10-21/h4-16,19,27H,17-18H2,1-3H3,(H2,34,35,36,37). The van der Waals surface area contributed by atoms with E-state index in [0.717, 1.165) is 16.7 Å². The number of esters is 1. The summed E-state index contributed by atoms with van der Waals surface area (Å²) in [5.74, 6) is 0.456. The first kappa shape index (κ1) is 28.5. The number of thioether (sulfide) groups is 1. The number of aromatic amines is 1. The van der Waals surface area contributed by atoms with Gasteiger partial charge in [-0.1, -0.05) is 84.0 Å². The number of carbonyl (C=O) groups excluding carboxylic acids is 1. The fourth-order valence-corrected chi connectivity index (χ4v) is 5.79. The van der Waals surface area contributed by atoms with E-state index in [-0.39, 0.29) is 11.7 Å². The van der Waals surface area contributed by atoms with Gasteiger partial charge in [0, 0.05) is 16.5 Å². The van der Waals surface area contributed by atoms with Crippen molar-refractivity contribution in [1.29, 1.82) is 0 Å². The number of aromatic nitrogens is 2. The molecule has 1 aliphatic heterocycles. The van der Waals surface area contributed by atoms with Crippen molar-refractivity contribution in [2.24, 2.45) is 0 Å². The Morgan fingerprint density at radius 1 is 1.02 bits per heavy atom. The van der Waals surface area contributed by atoms with Crippen molar-refractivity contribution in [2.45, 2.75) is 50.3 Å². The van der Waals surface area contributed by atoms with Gasteiger partial charge in [-0.25, -0.2) is 9.78 Å². The third-order valence-corrected chi connectivity index (χ3v) is 7.86. The second-order valence-electron chi connectivity index (χ2n) is 9.91. The van der Waals surface area contributed by atoms with Crippen molar-refractivity contribution < 1.29 is 14.3 Å². The monoisotopic (exact) mass is 587 g/mol. The van der Waals surface area contributed by atoms with Gasteiger partial charge in [0.1, 0.15) is 18.2 Å². The van der Waals surface area contributed by atoms with Crippen LogP contribution < -0.4 is 15.6 Å². The third-order valence-electron chi connectivity index (χ3n) is 6.57. The molecule has 41 heavy (non-hydrogen) atoms. The summed E-state index contributed by atoms with van der Waals surface area (Å²) >= 11 is 7.69. The van der Waals surface area contributed by atoms with Crippen molar-refractivity contribution in [3.8, 4) is 5.75 Å². The smallest absolute Gasteiger partial charge is 0.337 e. The molecule has 0 radical (unpaired) electrons. The number of carbonyl (C=O) groups is 1. The second-order valence-corrected chi connectivity index (χ2v) is 11.3. The van der Waals surface area contributed by atoms with Gasteiger partial charge < -0.3 is 19.8 Å². The number of anilines is 1. The minimum absolute atomic E-state index is 0.321. The van der Waals surface area contributed by atoms with E-state index < -0.39 is 11.9 Å². The van der Waals surface area contributed by atoms with E-state index in [9.17, 15) is 9.59 Å². The summed E-state index contributed by atoms with van der Waals surface area (Å²) in [4.78, 5) is 34.5. The van der Waals surface area contributed by atoms with Crippen LogP contribution in [0.15, 0.2) is 100 Å². The van der Waals surface area contributed by atoms with Crippen molar-refractivity contribution in [1.82, 2.24) is 9.97 Å². The summed E-state index contributed by atoms with van der Waals surface area (Å²) in [6, 6.07) is 24.9. The van der Waals surface area contributed by atoms with Gasteiger partial charge in [-0.2, -0.15) is 0 Å². The average Bonchev–Trinajstić information content (AvgIpc) is 2.95. The van der Waals surface area contributed by atoms with Gasteiger partial charge in [0.05, 0.1) is 23.2 Å². The lowest BCUT2D eigenvalue weighted by Gasteiger charge is -2.29. The molecular formula is C32H30ClN3O4S. The van der Waals surface area contributed by atoms with E-state index in [4.69, 9.17) is 26.1 Å². The van der Waals surface area contributed by atoms with Crippen LogP contribution in [0.25, 0.3) is 0 Å². The highest BCUT2D eigenvalue weighted by molar-refractivity contribution is 7.98. The van der Waals surface area contributed by atoms with Crippen LogP contribution in [-0.2, 0) is 21.9 Å². The Morgan fingerprint density at radius 3 is 2.44 bits per heavy atom. The van der Waals surface area contributed by atoms with Crippen LogP contribution in [0.5, 0.6) is 5.75 Å². The largest absolute Gasteiger partial charge is 0.489 e. The lowest BCUT2D eigenvalue weighted by atomic mass is 9.82. The summed E-state index contributed by atoms with van der Waals surface area (Å²) in [7, 11) is 0. The molecular weight excluding hydrogens is 558 g/mol. The number of ether oxygens (including phenoxy) is 2. The van der Waals surface area contributed by atoms with E-state index in [0.29, 0.717) is 50.9 Å². The molecule has 1 aromatic heterocycles. The lowest BCUT2D eigenvalue weighted by Crippen LogP contribution is -2.31. The number of nitrogens with zero attached hydrogens (tertiary/aromatic N) is 1. The van der Waals surface area contributed by atoms with E-state index in [2.05, 4.69) is 10.3 Å². The van der Waals surface area contributed by atoms with Gasteiger partial charge >= 0.3 is 5.97 Å².